The number of rotatable bonds is 3. The summed E-state index contributed by atoms with van der Waals surface area (Å²) in [6.07, 6.45) is 1.36. The molecule has 1 N–H and O–H groups in total. The normalized spacial score (nSPS) is 9.93. The number of carbonyl (C=O) groups is 1. The van der Waals surface area contributed by atoms with Crippen LogP contribution in [0.1, 0.15) is 17.5 Å². The molecule has 1 amide bonds. The molecule has 1 aromatic carbocycles. The standard InChI is InChI=1S/C11H14BrNO/c1-8-7-10(12)5-3-9(8)4-6-11(14)13-2/h3,5,7H,4,6H2,1-2H3,(H,13,14). The van der Waals surface area contributed by atoms with Crippen molar-refractivity contribution in [2.45, 2.75) is 19.8 Å². The number of amides is 1. The number of carbonyl (C=O) groups excluding carboxylic acids is 1. The van der Waals surface area contributed by atoms with Gasteiger partial charge in [0.05, 0.1) is 0 Å². The first kappa shape index (κ1) is 11.2. The molecule has 0 saturated carbocycles. The first-order valence-corrected chi connectivity index (χ1v) is 5.38. The Morgan fingerprint density at radius 2 is 2.21 bits per heavy atom. The molecule has 0 aliphatic rings. The zero-order valence-corrected chi connectivity index (χ0v) is 10.0. The van der Waals surface area contributed by atoms with Crippen LogP contribution in [0.5, 0.6) is 0 Å². The number of halogens is 1. The Morgan fingerprint density at radius 1 is 1.50 bits per heavy atom. The molecule has 0 radical (unpaired) electrons. The molecule has 1 aromatic rings. The van der Waals surface area contributed by atoms with E-state index >= 15 is 0 Å². The van der Waals surface area contributed by atoms with E-state index in [9.17, 15) is 4.79 Å². The maximum Gasteiger partial charge on any atom is 0.220 e. The minimum atomic E-state index is 0.0901. The van der Waals surface area contributed by atoms with Crippen molar-refractivity contribution < 1.29 is 4.79 Å². The van der Waals surface area contributed by atoms with Gasteiger partial charge in [0.1, 0.15) is 0 Å². The van der Waals surface area contributed by atoms with Crippen molar-refractivity contribution in [3.8, 4) is 0 Å². The lowest BCUT2D eigenvalue weighted by Gasteiger charge is -2.05. The molecule has 1 rings (SSSR count). The number of benzene rings is 1. The van der Waals surface area contributed by atoms with Crippen LogP contribution in [0.2, 0.25) is 0 Å². The molecular formula is C11H14BrNO. The van der Waals surface area contributed by atoms with Crippen molar-refractivity contribution in [3.63, 3.8) is 0 Å². The number of hydrogen-bond acceptors (Lipinski definition) is 1. The Morgan fingerprint density at radius 3 is 2.79 bits per heavy atom. The summed E-state index contributed by atoms with van der Waals surface area (Å²) < 4.78 is 1.08. The van der Waals surface area contributed by atoms with Crippen LogP contribution in [0.25, 0.3) is 0 Å². The van der Waals surface area contributed by atoms with Gasteiger partial charge < -0.3 is 5.32 Å². The molecule has 14 heavy (non-hydrogen) atoms. The van der Waals surface area contributed by atoms with Gasteiger partial charge in [-0.1, -0.05) is 22.0 Å². The monoisotopic (exact) mass is 255 g/mol. The molecule has 2 nitrogen and oxygen atoms in total. The van der Waals surface area contributed by atoms with Gasteiger partial charge in [-0.2, -0.15) is 0 Å². The molecular weight excluding hydrogens is 242 g/mol. The summed E-state index contributed by atoms with van der Waals surface area (Å²) in [4.78, 5) is 11.0. The zero-order valence-electron chi connectivity index (χ0n) is 8.43. The summed E-state index contributed by atoms with van der Waals surface area (Å²) >= 11 is 3.41. The molecule has 0 heterocycles. The van der Waals surface area contributed by atoms with Gasteiger partial charge in [0, 0.05) is 17.9 Å². The summed E-state index contributed by atoms with van der Waals surface area (Å²) in [5.74, 6) is 0.0901. The highest BCUT2D eigenvalue weighted by Gasteiger charge is 2.02. The Labute approximate surface area is 92.8 Å². The second-order valence-electron chi connectivity index (χ2n) is 3.24. The second kappa shape index (κ2) is 5.15. The topological polar surface area (TPSA) is 29.1 Å². The average molecular weight is 256 g/mol. The molecule has 0 aliphatic carbocycles. The van der Waals surface area contributed by atoms with Gasteiger partial charge in [0.25, 0.3) is 0 Å². The van der Waals surface area contributed by atoms with Crippen LogP contribution in [-0.4, -0.2) is 13.0 Å². The fraction of sp³-hybridized carbons (Fsp3) is 0.364. The molecule has 3 heteroatoms. The van der Waals surface area contributed by atoms with Gasteiger partial charge in [0.15, 0.2) is 0 Å². The highest BCUT2D eigenvalue weighted by molar-refractivity contribution is 9.10. The van der Waals surface area contributed by atoms with Crippen molar-refractivity contribution >= 4 is 21.8 Å². The van der Waals surface area contributed by atoms with Crippen molar-refractivity contribution in [3.05, 3.63) is 33.8 Å². The quantitative estimate of drug-likeness (QED) is 0.884. The predicted octanol–water partition coefficient (Wildman–Crippen LogP) is 2.44. The lowest BCUT2D eigenvalue weighted by Crippen LogP contribution is -2.18. The van der Waals surface area contributed by atoms with Crippen LogP contribution in [0.3, 0.4) is 0 Å². The van der Waals surface area contributed by atoms with Gasteiger partial charge in [-0.25, -0.2) is 0 Å². The van der Waals surface area contributed by atoms with Crippen LogP contribution < -0.4 is 5.32 Å². The SMILES string of the molecule is CNC(=O)CCc1ccc(Br)cc1C. The van der Waals surface area contributed by atoms with E-state index in [2.05, 4.69) is 40.3 Å². The van der Waals surface area contributed by atoms with E-state index in [1.54, 1.807) is 7.05 Å². The van der Waals surface area contributed by atoms with Crippen molar-refractivity contribution in [1.82, 2.24) is 5.32 Å². The molecule has 0 spiro atoms. The van der Waals surface area contributed by atoms with Crippen LogP contribution >= 0.6 is 15.9 Å². The highest BCUT2D eigenvalue weighted by Crippen LogP contribution is 2.16. The van der Waals surface area contributed by atoms with E-state index in [4.69, 9.17) is 0 Å². The summed E-state index contributed by atoms with van der Waals surface area (Å²) in [6.45, 7) is 2.06. The lowest BCUT2D eigenvalue weighted by atomic mass is 10.0. The Kier molecular flexibility index (Phi) is 4.14. The zero-order chi connectivity index (χ0) is 10.6. The van der Waals surface area contributed by atoms with Crippen molar-refractivity contribution in [1.29, 1.82) is 0 Å². The minimum Gasteiger partial charge on any atom is -0.359 e. The number of hydrogen-bond donors (Lipinski definition) is 1. The molecule has 0 atom stereocenters. The summed E-state index contributed by atoms with van der Waals surface area (Å²) in [5.41, 5.74) is 2.46. The van der Waals surface area contributed by atoms with E-state index in [1.165, 1.54) is 11.1 Å². The number of nitrogens with one attached hydrogen (secondary N) is 1. The summed E-state index contributed by atoms with van der Waals surface area (Å²) in [7, 11) is 1.66. The molecule has 0 unspecified atom stereocenters. The molecule has 0 saturated heterocycles. The van der Waals surface area contributed by atoms with Crippen LogP contribution in [0.4, 0.5) is 0 Å². The third kappa shape index (κ3) is 3.14. The van der Waals surface area contributed by atoms with E-state index in [0.717, 1.165) is 10.9 Å². The van der Waals surface area contributed by atoms with Gasteiger partial charge >= 0.3 is 0 Å². The van der Waals surface area contributed by atoms with E-state index in [-0.39, 0.29) is 5.91 Å². The average Bonchev–Trinajstić information content (AvgIpc) is 2.16. The fourth-order valence-corrected chi connectivity index (χ4v) is 1.79. The highest BCUT2D eigenvalue weighted by atomic mass is 79.9. The Bertz CT molecular complexity index is 336. The van der Waals surface area contributed by atoms with Crippen molar-refractivity contribution in [2.24, 2.45) is 0 Å². The summed E-state index contributed by atoms with van der Waals surface area (Å²) in [6, 6.07) is 6.13. The van der Waals surface area contributed by atoms with Gasteiger partial charge in [-0.15, -0.1) is 0 Å². The molecule has 0 aliphatic heterocycles. The molecule has 0 bridgehead atoms. The van der Waals surface area contributed by atoms with Crippen LogP contribution in [0.15, 0.2) is 22.7 Å². The third-order valence-corrected chi connectivity index (χ3v) is 2.70. The second-order valence-corrected chi connectivity index (χ2v) is 4.16. The number of aryl methyl sites for hydroxylation is 2. The fourth-order valence-electron chi connectivity index (χ4n) is 1.31. The Hall–Kier alpha value is -0.830. The molecule has 0 fully saturated rings. The van der Waals surface area contributed by atoms with E-state index < -0.39 is 0 Å². The van der Waals surface area contributed by atoms with Gasteiger partial charge in [-0.3, -0.25) is 4.79 Å². The van der Waals surface area contributed by atoms with Crippen LogP contribution in [-0.2, 0) is 11.2 Å². The third-order valence-electron chi connectivity index (χ3n) is 2.20. The smallest absolute Gasteiger partial charge is 0.220 e. The van der Waals surface area contributed by atoms with Gasteiger partial charge in [-0.05, 0) is 36.6 Å². The van der Waals surface area contributed by atoms with Crippen LogP contribution in [0, 0.1) is 6.92 Å². The minimum absolute atomic E-state index is 0.0901. The largest absolute Gasteiger partial charge is 0.359 e. The maximum absolute atomic E-state index is 11.0. The maximum atomic E-state index is 11.0. The predicted molar refractivity (Wildman–Crippen MR) is 61.3 cm³/mol. The van der Waals surface area contributed by atoms with Crippen molar-refractivity contribution in [2.75, 3.05) is 7.05 Å². The van der Waals surface area contributed by atoms with E-state index in [0.29, 0.717) is 6.42 Å². The van der Waals surface area contributed by atoms with E-state index in [1.807, 2.05) is 6.07 Å². The summed E-state index contributed by atoms with van der Waals surface area (Å²) in [5, 5.41) is 2.62. The first-order chi connectivity index (χ1) is 6.63. The molecule has 76 valence electrons. The first-order valence-electron chi connectivity index (χ1n) is 4.59. The van der Waals surface area contributed by atoms with Gasteiger partial charge in [0.2, 0.25) is 5.91 Å². The Balaban J connectivity index is 2.63. The lowest BCUT2D eigenvalue weighted by molar-refractivity contribution is -0.120. The molecule has 0 aromatic heterocycles.